The van der Waals surface area contributed by atoms with Crippen LogP contribution in [0.2, 0.25) is 0 Å². The van der Waals surface area contributed by atoms with Gasteiger partial charge >= 0.3 is 0 Å². The fourth-order valence-electron chi connectivity index (χ4n) is 2.14. The Morgan fingerprint density at radius 2 is 2.06 bits per heavy atom. The predicted octanol–water partition coefficient (Wildman–Crippen LogP) is 3.26. The average molecular weight is 235 g/mol. The van der Waals surface area contributed by atoms with Gasteiger partial charge in [0.1, 0.15) is 0 Å². The summed E-state index contributed by atoms with van der Waals surface area (Å²) in [7, 11) is 0. The first-order valence-electron chi connectivity index (χ1n) is 6.15. The molecule has 0 saturated carbocycles. The van der Waals surface area contributed by atoms with Crippen LogP contribution in [0.1, 0.15) is 31.0 Å². The molecule has 1 atom stereocenters. The monoisotopic (exact) mass is 235 g/mol. The normalized spacial score (nSPS) is 21.3. The Bertz CT molecular complexity index is 312. The number of hydrogen-bond donors (Lipinski definition) is 1. The molecular formula is C14H21NS. The smallest absolute Gasteiger partial charge is 0.0412 e. The third-order valence-electron chi connectivity index (χ3n) is 2.95. The van der Waals surface area contributed by atoms with Crippen LogP contribution in [-0.2, 0) is 6.42 Å². The second-order valence-corrected chi connectivity index (χ2v) is 6.07. The molecule has 1 aromatic carbocycles. The highest BCUT2D eigenvalue weighted by Crippen LogP contribution is 2.22. The molecule has 88 valence electrons. The molecule has 2 rings (SSSR count). The molecule has 1 saturated heterocycles. The van der Waals surface area contributed by atoms with Gasteiger partial charge in [0.25, 0.3) is 0 Å². The number of rotatable bonds is 3. The third-order valence-corrected chi connectivity index (χ3v) is 4.01. The minimum Gasteiger partial charge on any atom is -0.308 e. The van der Waals surface area contributed by atoms with Crippen LogP contribution < -0.4 is 5.32 Å². The Hall–Kier alpha value is -0.470. The SMILES string of the molecule is CC(C)Cc1ccc(C2CSCCN2)cc1. The van der Waals surface area contributed by atoms with Crippen molar-refractivity contribution in [1.82, 2.24) is 5.32 Å². The highest BCUT2D eigenvalue weighted by molar-refractivity contribution is 7.99. The summed E-state index contributed by atoms with van der Waals surface area (Å²) >= 11 is 2.05. The van der Waals surface area contributed by atoms with Crippen molar-refractivity contribution in [2.24, 2.45) is 5.92 Å². The van der Waals surface area contributed by atoms with Crippen LogP contribution in [0.25, 0.3) is 0 Å². The minimum atomic E-state index is 0.562. The van der Waals surface area contributed by atoms with E-state index in [2.05, 4.69) is 55.2 Å². The molecule has 0 aliphatic carbocycles. The quantitative estimate of drug-likeness (QED) is 0.863. The molecule has 1 heterocycles. The van der Waals surface area contributed by atoms with Gasteiger partial charge in [0.05, 0.1) is 0 Å². The topological polar surface area (TPSA) is 12.0 Å². The maximum absolute atomic E-state index is 3.57. The number of thioether (sulfide) groups is 1. The lowest BCUT2D eigenvalue weighted by molar-refractivity contribution is 0.594. The van der Waals surface area contributed by atoms with Gasteiger partial charge in [-0.15, -0.1) is 0 Å². The maximum atomic E-state index is 3.57. The lowest BCUT2D eigenvalue weighted by atomic mass is 10.00. The van der Waals surface area contributed by atoms with E-state index in [9.17, 15) is 0 Å². The average Bonchev–Trinajstić information content (AvgIpc) is 2.30. The fraction of sp³-hybridized carbons (Fsp3) is 0.571. The standard InChI is InChI=1S/C14H21NS/c1-11(2)9-12-3-5-13(6-4-12)14-10-16-8-7-15-14/h3-6,11,14-15H,7-10H2,1-2H3. The first-order chi connectivity index (χ1) is 7.75. The van der Waals surface area contributed by atoms with Crippen molar-refractivity contribution in [1.29, 1.82) is 0 Å². The van der Waals surface area contributed by atoms with Gasteiger partial charge in [0, 0.05) is 24.1 Å². The van der Waals surface area contributed by atoms with Crippen molar-refractivity contribution >= 4 is 11.8 Å². The zero-order valence-corrected chi connectivity index (χ0v) is 11.0. The zero-order valence-electron chi connectivity index (χ0n) is 10.2. The highest BCUT2D eigenvalue weighted by atomic mass is 32.2. The molecule has 16 heavy (non-hydrogen) atoms. The summed E-state index contributed by atoms with van der Waals surface area (Å²) in [4.78, 5) is 0. The first-order valence-corrected chi connectivity index (χ1v) is 7.31. The number of nitrogens with one attached hydrogen (secondary N) is 1. The molecule has 2 heteroatoms. The Morgan fingerprint density at radius 1 is 1.31 bits per heavy atom. The van der Waals surface area contributed by atoms with Crippen molar-refractivity contribution in [3.8, 4) is 0 Å². The highest BCUT2D eigenvalue weighted by Gasteiger charge is 2.14. The Morgan fingerprint density at radius 3 is 2.62 bits per heavy atom. The zero-order chi connectivity index (χ0) is 11.4. The predicted molar refractivity (Wildman–Crippen MR) is 73.1 cm³/mol. The van der Waals surface area contributed by atoms with Gasteiger partial charge in [-0.2, -0.15) is 11.8 Å². The van der Waals surface area contributed by atoms with Crippen LogP contribution in [0, 0.1) is 5.92 Å². The second-order valence-electron chi connectivity index (χ2n) is 4.92. The molecule has 0 bridgehead atoms. The van der Waals surface area contributed by atoms with Crippen LogP contribution in [-0.4, -0.2) is 18.1 Å². The van der Waals surface area contributed by atoms with Crippen LogP contribution in [0.4, 0.5) is 0 Å². The summed E-state index contributed by atoms with van der Waals surface area (Å²) in [5.41, 5.74) is 2.90. The molecule has 1 nitrogen and oxygen atoms in total. The second kappa shape index (κ2) is 5.74. The van der Waals surface area contributed by atoms with Gasteiger partial charge in [-0.25, -0.2) is 0 Å². The lowest BCUT2D eigenvalue weighted by Crippen LogP contribution is -2.30. The third kappa shape index (κ3) is 3.26. The van der Waals surface area contributed by atoms with Crippen molar-refractivity contribution in [2.75, 3.05) is 18.1 Å². The van der Waals surface area contributed by atoms with E-state index in [1.54, 1.807) is 0 Å². The summed E-state index contributed by atoms with van der Waals surface area (Å²) in [6.07, 6.45) is 1.19. The molecule has 0 spiro atoms. The van der Waals surface area contributed by atoms with E-state index >= 15 is 0 Å². The molecular weight excluding hydrogens is 214 g/mol. The first kappa shape index (κ1) is 12.0. The van der Waals surface area contributed by atoms with Gasteiger partial charge in [0.2, 0.25) is 0 Å². The van der Waals surface area contributed by atoms with Crippen molar-refractivity contribution < 1.29 is 0 Å². The van der Waals surface area contributed by atoms with Gasteiger partial charge in [-0.3, -0.25) is 0 Å². The maximum Gasteiger partial charge on any atom is 0.0412 e. The molecule has 0 aromatic heterocycles. The lowest BCUT2D eigenvalue weighted by Gasteiger charge is -2.23. The van der Waals surface area contributed by atoms with E-state index in [4.69, 9.17) is 0 Å². The van der Waals surface area contributed by atoms with Crippen LogP contribution in [0.3, 0.4) is 0 Å². The Kier molecular flexibility index (Phi) is 4.30. The molecule has 0 radical (unpaired) electrons. The van der Waals surface area contributed by atoms with Crippen molar-refractivity contribution in [3.63, 3.8) is 0 Å². The summed E-state index contributed by atoms with van der Waals surface area (Å²) in [5, 5.41) is 3.57. The van der Waals surface area contributed by atoms with E-state index in [1.165, 1.54) is 29.1 Å². The molecule has 1 unspecified atom stereocenters. The van der Waals surface area contributed by atoms with E-state index in [0.29, 0.717) is 6.04 Å². The summed E-state index contributed by atoms with van der Waals surface area (Å²) in [6, 6.07) is 9.72. The number of hydrogen-bond acceptors (Lipinski definition) is 2. The summed E-state index contributed by atoms with van der Waals surface area (Å²) in [6.45, 7) is 5.68. The summed E-state index contributed by atoms with van der Waals surface area (Å²) < 4.78 is 0. The van der Waals surface area contributed by atoms with Gasteiger partial charge in [0.15, 0.2) is 0 Å². The van der Waals surface area contributed by atoms with E-state index in [1.807, 2.05) is 0 Å². The van der Waals surface area contributed by atoms with Gasteiger partial charge in [-0.05, 0) is 23.5 Å². The van der Waals surface area contributed by atoms with E-state index < -0.39 is 0 Å². The minimum absolute atomic E-state index is 0.562. The number of benzene rings is 1. The van der Waals surface area contributed by atoms with E-state index in [-0.39, 0.29) is 0 Å². The molecule has 1 N–H and O–H groups in total. The largest absolute Gasteiger partial charge is 0.308 e. The Labute approximate surface area is 103 Å². The van der Waals surface area contributed by atoms with Crippen molar-refractivity contribution in [2.45, 2.75) is 26.3 Å². The van der Waals surface area contributed by atoms with Crippen LogP contribution >= 0.6 is 11.8 Å². The molecule has 1 aliphatic rings. The molecule has 0 amide bonds. The van der Waals surface area contributed by atoms with Crippen molar-refractivity contribution in [3.05, 3.63) is 35.4 Å². The fourth-order valence-corrected chi connectivity index (χ4v) is 3.11. The summed E-state index contributed by atoms with van der Waals surface area (Å²) in [5.74, 6) is 3.21. The molecule has 1 aliphatic heterocycles. The van der Waals surface area contributed by atoms with E-state index in [0.717, 1.165) is 12.5 Å². The Balaban J connectivity index is 2.00. The van der Waals surface area contributed by atoms with Crippen LogP contribution in [0.5, 0.6) is 0 Å². The molecule has 1 fully saturated rings. The van der Waals surface area contributed by atoms with Gasteiger partial charge < -0.3 is 5.32 Å². The van der Waals surface area contributed by atoms with Gasteiger partial charge in [-0.1, -0.05) is 38.1 Å². The molecule has 1 aromatic rings. The van der Waals surface area contributed by atoms with Crippen LogP contribution in [0.15, 0.2) is 24.3 Å².